The summed E-state index contributed by atoms with van der Waals surface area (Å²) in [6, 6.07) is 15.1. The van der Waals surface area contributed by atoms with Crippen molar-refractivity contribution in [1.82, 2.24) is 0 Å². The molecule has 2 aromatic rings. The topological polar surface area (TPSA) is 111 Å². The molecule has 0 aliphatic heterocycles. The van der Waals surface area contributed by atoms with Crippen LogP contribution in [-0.2, 0) is 14.4 Å². The second kappa shape index (κ2) is 8.15. The molecule has 0 aromatic heterocycles. The number of nitrogens with one attached hydrogen (secondary N) is 3. The van der Waals surface area contributed by atoms with Gasteiger partial charge in [0.2, 0.25) is 17.7 Å². The Morgan fingerprint density at radius 3 is 1.93 bits per heavy atom. The van der Waals surface area contributed by atoms with E-state index >= 15 is 0 Å². The molecule has 7 nitrogen and oxygen atoms in total. The van der Waals surface area contributed by atoms with Crippen LogP contribution in [0.15, 0.2) is 48.5 Å². The van der Waals surface area contributed by atoms with E-state index in [1.807, 2.05) is 6.07 Å². The molecule has 0 radical (unpaired) electrons. The maximum atomic E-state index is 12.6. The third-order valence-corrected chi connectivity index (χ3v) is 3.89. The molecule has 0 atom stereocenters. The summed E-state index contributed by atoms with van der Waals surface area (Å²) in [6.07, 6.45) is 0. The smallest absolute Gasteiger partial charge is 0.239 e. The van der Waals surface area contributed by atoms with Crippen molar-refractivity contribution >= 4 is 34.8 Å². The van der Waals surface area contributed by atoms with E-state index in [1.165, 1.54) is 20.8 Å². The predicted molar refractivity (Wildman–Crippen MR) is 103 cm³/mol. The molecular formula is C20H20N4O3. The number of hydrogen-bond acceptors (Lipinski definition) is 4. The van der Waals surface area contributed by atoms with Crippen LogP contribution in [-0.4, -0.2) is 17.7 Å². The average Bonchev–Trinajstić information content (AvgIpc) is 2.63. The van der Waals surface area contributed by atoms with Crippen molar-refractivity contribution in [3.63, 3.8) is 0 Å². The number of amides is 3. The SMILES string of the molecule is CC(=O)Nc1ccc(NC(=O)C(C)(C)C(=O)Nc2ccccc2C#N)cc1. The number of para-hydroxylation sites is 1. The Bertz CT molecular complexity index is 912. The van der Waals surface area contributed by atoms with Crippen LogP contribution in [0.25, 0.3) is 0 Å². The first-order valence-electron chi connectivity index (χ1n) is 8.23. The first-order chi connectivity index (χ1) is 12.7. The van der Waals surface area contributed by atoms with E-state index < -0.39 is 17.2 Å². The van der Waals surface area contributed by atoms with Crippen molar-refractivity contribution in [2.24, 2.45) is 5.41 Å². The fourth-order valence-corrected chi connectivity index (χ4v) is 2.20. The van der Waals surface area contributed by atoms with Crippen molar-refractivity contribution in [2.45, 2.75) is 20.8 Å². The van der Waals surface area contributed by atoms with Crippen molar-refractivity contribution in [3.05, 3.63) is 54.1 Å². The Kier molecular flexibility index (Phi) is 5.93. The van der Waals surface area contributed by atoms with Gasteiger partial charge in [0.15, 0.2) is 0 Å². The van der Waals surface area contributed by atoms with E-state index in [1.54, 1.807) is 48.5 Å². The quantitative estimate of drug-likeness (QED) is 0.708. The molecule has 2 rings (SSSR count). The summed E-state index contributed by atoms with van der Waals surface area (Å²) in [6.45, 7) is 4.40. The van der Waals surface area contributed by atoms with Gasteiger partial charge in [0, 0.05) is 18.3 Å². The van der Waals surface area contributed by atoms with E-state index in [-0.39, 0.29) is 5.91 Å². The first kappa shape index (κ1) is 19.7. The van der Waals surface area contributed by atoms with Crippen LogP contribution in [0.4, 0.5) is 17.1 Å². The highest BCUT2D eigenvalue weighted by Gasteiger charge is 2.36. The number of nitrogens with zero attached hydrogens (tertiary/aromatic N) is 1. The molecule has 0 aliphatic carbocycles. The highest BCUT2D eigenvalue weighted by atomic mass is 16.2. The van der Waals surface area contributed by atoms with Gasteiger partial charge >= 0.3 is 0 Å². The largest absolute Gasteiger partial charge is 0.326 e. The summed E-state index contributed by atoms with van der Waals surface area (Å²) in [5.41, 5.74) is 0.387. The molecule has 3 amide bonds. The van der Waals surface area contributed by atoms with Gasteiger partial charge in [-0.15, -0.1) is 0 Å². The lowest BCUT2D eigenvalue weighted by atomic mass is 9.90. The summed E-state index contributed by atoms with van der Waals surface area (Å²) in [4.78, 5) is 36.2. The third-order valence-electron chi connectivity index (χ3n) is 3.89. The minimum Gasteiger partial charge on any atom is -0.326 e. The van der Waals surface area contributed by atoms with E-state index in [4.69, 9.17) is 5.26 Å². The summed E-state index contributed by atoms with van der Waals surface area (Å²) >= 11 is 0. The van der Waals surface area contributed by atoms with Gasteiger partial charge in [-0.2, -0.15) is 5.26 Å². The van der Waals surface area contributed by atoms with Crippen molar-refractivity contribution in [3.8, 4) is 6.07 Å². The van der Waals surface area contributed by atoms with Gasteiger partial charge in [0.1, 0.15) is 11.5 Å². The Labute approximate surface area is 157 Å². The molecule has 0 bridgehead atoms. The van der Waals surface area contributed by atoms with Crippen molar-refractivity contribution in [2.75, 3.05) is 16.0 Å². The Morgan fingerprint density at radius 2 is 1.37 bits per heavy atom. The molecule has 27 heavy (non-hydrogen) atoms. The second-order valence-corrected chi connectivity index (χ2v) is 6.45. The molecule has 0 fully saturated rings. The van der Waals surface area contributed by atoms with Crippen LogP contribution in [0, 0.1) is 16.7 Å². The lowest BCUT2D eigenvalue weighted by Crippen LogP contribution is -2.41. The summed E-state index contributed by atoms with van der Waals surface area (Å²) in [7, 11) is 0. The first-order valence-corrected chi connectivity index (χ1v) is 8.23. The fourth-order valence-electron chi connectivity index (χ4n) is 2.20. The third kappa shape index (κ3) is 4.92. The summed E-state index contributed by atoms with van der Waals surface area (Å²) < 4.78 is 0. The zero-order valence-electron chi connectivity index (χ0n) is 15.3. The Hall–Kier alpha value is -3.66. The molecule has 0 unspecified atom stereocenters. The zero-order chi connectivity index (χ0) is 20.0. The van der Waals surface area contributed by atoms with Gasteiger partial charge in [0.25, 0.3) is 0 Å². The van der Waals surface area contributed by atoms with E-state index in [0.29, 0.717) is 22.6 Å². The van der Waals surface area contributed by atoms with Gasteiger partial charge < -0.3 is 16.0 Å². The highest BCUT2D eigenvalue weighted by molar-refractivity contribution is 6.14. The number of anilines is 3. The molecule has 0 spiro atoms. The molecule has 0 saturated heterocycles. The standard InChI is InChI=1S/C20H20N4O3/c1-13(25)22-15-8-10-16(11-9-15)23-18(26)20(2,3)19(27)24-17-7-5-4-6-14(17)12-21/h4-11H,1-3H3,(H,22,25)(H,23,26)(H,24,27). The van der Waals surface area contributed by atoms with Crippen LogP contribution < -0.4 is 16.0 Å². The van der Waals surface area contributed by atoms with E-state index in [0.717, 1.165) is 0 Å². The van der Waals surface area contributed by atoms with Crippen LogP contribution >= 0.6 is 0 Å². The predicted octanol–water partition coefficient (Wildman–Crippen LogP) is 3.12. The Balaban J connectivity index is 2.08. The number of carbonyl (C=O) groups excluding carboxylic acids is 3. The summed E-state index contributed by atoms with van der Waals surface area (Å²) in [5.74, 6) is -1.22. The molecule has 2 aromatic carbocycles. The number of nitriles is 1. The lowest BCUT2D eigenvalue weighted by molar-refractivity contribution is -0.135. The van der Waals surface area contributed by atoms with Crippen LogP contribution in [0.1, 0.15) is 26.3 Å². The monoisotopic (exact) mass is 364 g/mol. The van der Waals surface area contributed by atoms with Crippen LogP contribution in [0.5, 0.6) is 0 Å². The lowest BCUT2D eigenvalue weighted by Gasteiger charge is -2.23. The zero-order valence-corrected chi connectivity index (χ0v) is 15.3. The number of benzene rings is 2. The maximum absolute atomic E-state index is 12.6. The fraction of sp³-hybridized carbons (Fsp3) is 0.200. The van der Waals surface area contributed by atoms with Gasteiger partial charge in [0.05, 0.1) is 11.3 Å². The minimum atomic E-state index is -1.38. The molecular weight excluding hydrogens is 344 g/mol. The Morgan fingerprint density at radius 1 is 0.852 bits per heavy atom. The average molecular weight is 364 g/mol. The van der Waals surface area contributed by atoms with E-state index in [9.17, 15) is 14.4 Å². The molecule has 7 heteroatoms. The molecule has 138 valence electrons. The van der Waals surface area contributed by atoms with Gasteiger partial charge in [-0.05, 0) is 50.2 Å². The molecule has 0 saturated carbocycles. The van der Waals surface area contributed by atoms with Crippen molar-refractivity contribution < 1.29 is 14.4 Å². The van der Waals surface area contributed by atoms with Gasteiger partial charge in [-0.25, -0.2) is 0 Å². The van der Waals surface area contributed by atoms with Gasteiger partial charge in [-0.3, -0.25) is 14.4 Å². The summed E-state index contributed by atoms with van der Waals surface area (Å²) in [5, 5.41) is 17.0. The molecule has 0 heterocycles. The van der Waals surface area contributed by atoms with Crippen molar-refractivity contribution in [1.29, 1.82) is 5.26 Å². The molecule has 3 N–H and O–H groups in total. The van der Waals surface area contributed by atoms with E-state index in [2.05, 4.69) is 16.0 Å². The minimum absolute atomic E-state index is 0.192. The number of rotatable bonds is 5. The molecule has 0 aliphatic rings. The maximum Gasteiger partial charge on any atom is 0.239 e. The number of carbonyl (C=O) groups is 3. The number of hydrogen-bond donors (Lipinski definition) is 3. The second-order valence-electron chi connectivity index (χ2n) is 6.45. The normalized spacial score (nSPS) is 10.4. The van der Waals surface area contributed by atoms with Gasteiger partial charge in [-0.1, -0.05) is 12.1 Å². The van der Waals surface area contributed by atoms with Crippen LogP contribution in [0.3, 0.4) is 0 Å². The highest BCUT2D eigenvalue weighted by Crippen LogP contribution is 2.23. The van der Waals surface area contributed by atoms with Crippen LogP contribution in [0.2, 0.25) is 0 Å².